The first-order valence-electron chi connectivity index (χ1n) is 15.8. The summed E-state index contributed by atoms with van der Waals surface area (Å²) in [5, 5.41) is 118. The quantitative estimate of drug-likeness (QED) is 0.0891. The number of hydrogen-bond acceptors (Lipinski definition) is 20. The van der Waals surface area contributed by atoms with Crippen molar-refractivity contribution in [2.75, 3.05) is 33.5 Å². The average Bonchev–Trinajstić information content (AvgIpc) is 3.07. The minimum Gasteiger partial charge on any atom is -0.394 e. The molecule has 20 atom stereocenters. The van der Waals surface area contributed by atoms with Crippen molar-refractivity contribution in [3.63, 3.8) is 0 Å². The van der Waals surface area contributed by atoms with Crippen LogP contribution in [0.3, 0.4) is 0 Å². The Balaban J connectivity index is 1.56. The van der Waals surface area contributed by atoms with Crippen LogP contribution < -0.4 is 5.32 Å². The van der Waals surface area contributed by atoms with Crippen molar-refractivity contribution in [2.24, 2.45) is 0 Å². The Morgan fingerprint density at radius 1 is 0.551 bits per heavy atom. The molecule has 0 aliphatic carbocycles. The molecule has 0 aromatic heterocycles. The van der Waals surface area contributed by atoms with Gasteiger partial charge in [0.2, 0.25) is 5.91 Å². The maximum Gasteiger partial charge on any atom is 0.217 e. The summed E-state index contributed by atoms with van der Waals surface area (Å²) >= 11 is 0. The monoisotopic (exact) mass is 719 g/mol. The molecule has 4 fully saturated rings. The average molecular weight is 720 g/mol. The normalized spacial score (nSPS) is 49.4. The van der Waals surface area contributed by atoms with Gasteiger partial charge >= 0.3 is 0 Å². The molecule has 4 saturated heterocycles. The van der Waals surface area contributed by atoms with Crippen LogP contribution in [0.1, 0.15) is 13.8 Å². The lowest BCUT2D eigenvalue weighted by Gasteiger charge is -2.50. The summed E-state index contributed by atoms with van der Waals surface area (Å²) in [4.78, 5) is 12.2. The highest BCUT2D eigenvalue weighted by atomic mass is 16.8. The standard InChI is InChI=1S/C28H49NO20/c1-8-15(35)19(39)23(12(6-32)43-8)48-28-21(41)25(17(37)11(5-31)45-28)49-26-14(29-9(2)34)18(38)22(13(7-33)46-26)47-27-20(40)24(42-3)16(36)10(4-30)44-27/h8,10-28,30-33,35-41H,4-7H2,1-3H3,(H,29,34)/t8-,10?,11?,12?,13?,14?,15?,16-,17-,18+,19+,20?,21?,22+,23+,24-,25-,26-,27-,28-/m0/s1. The zero-order valence-electron chi connectivity index (χ0n) is 27.0. The predicted octanol–water partition coefficient (Wildman–Crippen LogP) is -7.88. The Hall–Kier alpha value is -1.29. The molecule has 12 N–H and O–H groups in total. The van der Waals surface area contributed by atoms with Crippen LogP contribution in [-0.4, -0.2) is 218 Å². The fraction of sp³-hybridized carbons (Fsp3) is 0.964. The van der Waals surface area contributed by atoms with E-state index in [0.29, 0.717) is 0 Å². The second-order valence-electron chi connectivity index (χ2n) is 12.4. The molecule has 4 aliphatic rings. The zero-order valence-corrected chi connectivity index (χ0v) is 27.0. The fourth-order valence-electron chi connectivity index (χ4n) is 6.42. The van der Waals surface area contributed by atoms with Crippen LogP contribution >= 0.6 is 0 Å². The molecule has 21 heteroatoms. The van der Waals surface area contributed by atoms with E-state index in [-0.39, 0.29) is 0 Å². The number of rotatable bonds is 12. The third kappa shape index (κ3) is 8.52. The summed E-state index contributed by atoms with van der Waals surface area (Å²) < 4.78 is 44.8. The van der Waals surface area contributed by atoms with Gasteiger partial charge in [-0.3, -0.25) is 4.79 Å². The van der Waals surface area contributed by atoms with Crippen LogP contribution in [0.5, 0.6) is 0 Å². The van der Waals surface area contributed by atoms with Crippen molar-refractivity contribution in [1.29, 1.82) is 0 Å². The molecule has 0 bridgehead atoms. The number of nitrogens with one attached hydrogen (secondary N) is 1. The van der Waals surface area contributed by atoms with E-state index < -0.39 is 155 Å². The molecular weight excluding hydrogens is 670 g/mol. The molecular formula is C28H49NO20. The summed E-state index contributed by atoms with van der Waals surface area (Å²) in [7, 11) is 1.19. The van der Waals surface area contributed by atoms with Crippen molar-refractivity contribution in [1.82, 2.24) is 5.32 Å². The van der Waals surface area contributed by atoms with Crippen LogP contribution in [0.4, 0.5) is 0 Å². The lowest BCUT2D eigenvalue weighted by molar-refractivity contribution is -0.376. The number of aliphatic hydroxyl groups excluding tert-OH is 11. The maximum absolute atomic E-state index is 12.2. The molecule has 4 rings (SSSR count). The van der Waals surface area contributed by atoms with Gasteiger partial charge < -0.3 is 99.4 Å². The van der Waals surface area contributed by atoms with Crippen LogP contribution in [-0.2, 0) is 42.7 Å². The van der Waals surface area contributed by atoms with E-state index in [9.17, 15) is 61.0 Å². The largest absolute Gasteiger partial charge is 0.394 e. The van der Waals surface area contributed by atoms with Crippen molar-refractivity contribution in [3.8, 4) is 0 Å². The molecule has 1 amide bonds. The van der Waals surface area contributed by atoms with Crippen LogP contribution in [0.25, 0.3) is 0 Å². The lowest BCUT2D eigenvalue weighted by atomic mass is 9.94. The summed E-state index contributed by atoms with van der Waals surface area (Å²) in [6, 6.07) is -1.55. The van der Waals surface area contributed by atoms with Crippen molar-refractivity contribution in [3.05, 3.63) is 0 Å². The molecule has 286 valence electrons. The van der Waals surface area contributed by atoms with Crippen molar-refractivity contribution >= 4 is 5.91 Å². The molecule has 49 heavy (non-hydrogen) atoms. The third-order valence-corrected chi connectivity index (χ3v) is 9.12. The molecule has 4 heterocycles. The van der Waals surface area contributed by atoms with Gasteiger partial charge in [0, 0.05) is 14.0 Å². The predicted molar refractivity (Wildman–Crippen MR) is 154 cm³/mol. The summed E-state index contributed by atoms with van der Waals surface area (Å²) in [6.45, 7) is -0.513. The molecule has 4 aliphatic heterocycles. The number of carbonyl (C=O) groups is 1. The van der Waals surface area contributed by atoms with Gasteiger partial charge in [0.1, 0.15) is 97.6 Å². The smallest absolute Gasteiger partial charge is 0.217 e. The van der Waals surface area contributed by atoms with Gasteiger partial charge in [-0.25, -0.2) is 0 Å². The van der Waals surface area contributed by atoms with E-state index in [0.717, 1.165) is 6.92 Å². The first-order valence-corrected chi connectivity index (χ1v) is 15.8. The second-order valence-corrected chi connectivity index (χ2v) is 12.4. The van der Waals surface area contributed by atoms with Gasteiger partial charge in [-0.2, -0.15) is 0 Å². The van der Waals surface area contributed by atoms with Crippen LogP contribution in [0.2, 0.25) is 0 Å². The van der Waals surface area contributed by atoms with Gasteiger partial charge in [0.25, 0.3) is 0 Å². The van der Waals surface area contributed by atoms with Crippen LogP contribution in [0.15, 0.2) is 0 Å². The SMILES string of the molecule is CO[C@@H]1C(O)[C@H](O[C@@H]2C(CO)O[C@@H](O[C@@H]3C(O)[C@H](O[C@@H]4C(CO)O[C@@H](C)C(O)[C@H]4O)OC(CO)[C@@H]3O)C(NC(C)=O)[C@H]2O)OC(CO)[C@@H]1O. The first-order chi connectivity index (χ1) is 23.2. The fourth-order valence-corrected chi connectivity index (χ4v) is 6.42. The number of ether oxygens (including phenoxy) is 8. The first kappa shape index (κ1) is 40.5. The Morgan fingerprint density at radius 2 is 0.980 bits per heavy atom. The molecule has 8 unspecified atom stereocenters. The minimum absolute atomic E-state index is 0.665. The van der Waals surface area contributed by atoms with Gasteiger partial charge in [0.05, 0.1) is 32.5 Å². The molecule has 21 nitrogen and oxygen atoms in total. The van der Waals surface area contributed by atoms with Gasteiger partial charge in [0.15, 0.2) is 18.9 Å². The number of carbonyl (C=O) groups excluding carboxylic acids is 1. The number of methoxy groups -OCH3 is 1. The van der Waals surface area contributed by atoms with Gasteiger partial charge in [-0.1, -0.05) is 0 Å². The van der Waals surface area contributed by atoms with E-state index in [2.05, 4.69) is 5.32 Å². The Morgan fingerprint density at radius 3 is 1.47 bits per heavy atom. The van der Waals surface area contributed by atoms with Crippen molar-refractivity contribution in [2.45, 2.75) is 136 Å². The second kappa shape index (κ2) is 17.5. The Kier molecular flexibility index (Phi) is 14.4. The number of amides is 1. The molecule has 0 aromatic rings. The van der Waals surface area contributed by atoms with E-state index in [1.54, 1.807) is 0 Å². The van der Waals surface area contributed by atoms with Gasteiger partial charge in [-0.15, -0.1) is 0 Å². The van der Waals surface area contributed by atoms with E-state index in [1.807, 2.05) is 0 Å². The lowest BCUT2D eigenvalue weighted by Crippen LogP contribution is -2.69. The molecule has 0 saturated carbocycles. The van der Waals surface area contributed by atoms with E-state index in [4.69, 9.17) is 37.9 Å². The Bertz CT molecular complexity index is 1040. The molecule has 0 radical (unpaired) electrons. The molecule has 0 spiro atoms. The van der Waals surface area contributed by atoms with Gasteiger partial charge in [-0.05, 0) is 6.92 Å². The van der Waals surface area contributed by atoms with Crippen LogP contribution in [0, 0.1) is 0 Å². The molecule has 0 aromatic carbocycles. The van der Waals surface area contributed by atoms with E-state index >= 15 is 0 Å². The number of aliphatic hydroxyl groups is 11. The summed E-state index contributed by atoms with van der Waals surface area (Å²) in [5.74, 6) is -0.712. The van der Waals surface area contributed by atoms with Crippen molar-refractivity contribution < 1.29 is 98.9 Å². The highest BCUT2D eigenvalue weighted by Crippen LogP contribution is 2.34. The number of hydrogen-bond donors (Lipinski definition) is 12. The zero-order chi connectivity index (χ0) is 36.3. The highest BCUT2D eigenvalue weighted by Gasteiger charge is 2.55. The Labute approximate surface area is 280 Å². The highest BCUT2D eigenvalue weighted by molar-refractivity contribution is 5.73. The maximum atomic E-state index is 12.2. The van der Waals surface area contributed by atoms with E-state index in [1.165, 1.54) is 14.0 Å². The summed E-state index contributed by atoms with van der Waals surface area (Å²) in [5.41, 5.74) is 0. The third-order valence-electron chi connectivity index (χ3n) is 9.12. The minimum atomic E-state index is -1.94. The summed E-state index contributed by atoms with van der Waals surface area (Å²) in [6.07, 6.45) is -29.4. The topological polar surface area (TPSA) is 325 Å².